The van der Waals surface area contributed by atoms with Crippen molar-refractivity contribution < 1.29 is 19.1 Å². The first-order valence-electron chi connectivity index (χ1n) is 10.2. The van der Waals surface area contributed by atoms with Gasteiger partial charge in [0.15, 0.2) is 0 Å². The molecular weight excluding hydrogens is 376 g/mol. The minimum absolute atomic E-state index is 0.130. The third kappa shape index (κ3) is 6.62. The Balaban J connectivity index is 2.89. The quantitative estimate of drug-likeness (QED) is 0.388. The number of unbranched alkanes of at least 4 members (excludes halogenated alkanes) is 5. The number of nitrogens with zero attached hydrogens (tertiary/aromatic N) is 1. The molecule has 0 aliphatic rings. The molecule has 0 fully saturated rings. The Morgan fingerprint density at radius 3 is 2.18 bits per heavy atom. The van der Waals surface area contributed by atoms with Gasteiger partial charge in [-0.05, 0) is 32.8 Å². The maximum atomic E-state index is 12.8. The van der Waals surface area contributed by atoms with E-state index in [4.69, 9.17) is 4.74 Å². The zero-order valence-electron chi connectivity index (χ0n) is 17.9. The number of esters is 1. The molecule has 0 aromatic carbocycles. The van der Waals surface area contributed by atoms with Crippen molar-refractivity contribution in [2.24, 2.45) is 0 Å². The number of carbonyl (C=O) groups is 3. The third-order valence-electron chi connectivity index (χ3n) is 4.79. The Morgan fingerprint density at radius 1 is 1.00 bits per heavy atom. The second-order valence-electron chi connectivity index (χ2n) is 6.80. The smallest absolute Gasteiger partial charge is 0.341 e. The normalized spacial score (nSPS) is 10.6. The maximum absolute atomic E-state index is 12.8. The van der Waals surface area contributed by atoms with E-state index in [9.17, 15) is 14.4 Å². The monoisotopic (exact) mass is 410 g/mol. The highest BCUT2D eigenvalue weighted by molar-refractivity contribution is 7.18. The van der Waals surface area contributed by atoms with Crippen LogP contribution in [0.5, 0.6) is 0 Å². The van der Waals surface area contributed by atoms with Crippen LogP contribution in [0.1, 0.15) is 91.3 Å². The first-order valence-corrected chi connectivity index (χ1v) is 11.0. The number of hydrogen-bond acceptors (Lipinski definition) is 5. The fraction of sp³-hybridized carbons (Fsp3) is 0.667. The molecule has 1 heterocycles. The van der Waals surface area contributed by atoms with Crippen molar-refractivity contribution in [2.75, 3.05) is 25.5 Å². The van der Waals surface area contributed by atoms with Gasteiger partial charge in [-0.25, -0.2) is 4.79 Å². The van der Waals surface area contributed by atoms with E-state index in [1.807, 2.05) is 13.8 Å². The van der Waals surface area contributed by atoms with Crippen LogP contribution in [-0.2, 0) is 9.53 Å². The summed E-state index contributed by atoms with van der Waals surface area (Å²) in [6.45, 7) is 8.89. The lowest BCUT2D eigenvalue weighted by Gasteiger charge is -2.17. The van der Waals surface area contributed by atoms with Gasteiger partial charge in [0.2, 0.25) is 5.91 Å². The van der Waals surface area contributed by atoms with E-state index in [0.29, 0.717) is 35.0 Å². The van der Waals surface area contributed by atoms with E-state index in [1.165, 1.54) is 26.4 Å². The number of ether oxygens (including phenoxy) is 1. The van der Waals surface area contributed by atoms with Crippen molar-refractivity contribution in [3.05, 3.63) is 16.0 Å². The highest BCUT2D eigenvalue weighted by atomic mass is 32.1. The summed E-state index contributed by atoms with van der Waals surface area (Å²) in [7, 11) is 1.30. The van der Waals surface area contributed by atoms with Crippen LogP contribution >= 0.6 is 11.3 Å². The highest BCUT2D eigenvalue weighted by Gasteiger charge is 2.27. The fourth-order valence-corrected chi connectivity index (χ4v) is 4.24. The second kappa shape index (κ2) is 12.5. The molecular formula is C21H34N2O4S. The zero-order valence-corrected chi connectivity index (χ0v) is 18.7. The summed E-state index contributed by atoms with van der Waals surface area (Å²) < 4.78 is 4.87. The molecule has 0 unspecified atom stereocenters. The van der Waals surface area contributed by atoms with Gasteiger partial charge in [0.05, 0.1) is 17.6 Å². The molecule has 158 valence electrons. The van der Waals surface area contributed by atoms with Crippen molar-refractivity contribution in [1.29, 1.82) is 0 Å². The van der Waals surface area contributed by atoms with Crippen LogP contribution in [0, 0.1) is 6.92 Å². The first-order chi connectivity index (χ1) is 13.4. The van der Waals surface area contributed by atoms with Gasteiger partial charge in [0.25, 0.3) is 5.91 Å². The zero-order chi connectivity index (χ0) is 21.1. The van der Waals surface area contributed by atoms with Gasteiger partial charge in [-0.15, -0.1) is 11.3 Å². The number of hydrogen-bond donors (Lipinski definition) is 1. The molecule has 1 aromatic rings. The van der Waals surface area contributed by atoms with Gasteiger partial charge in [0, 0.05) is 19.5 Å². The standard InChI is InChI=1S/C21H34N2O4S/c1-6-9-10-11-12-13-14-16(24)22-19-17(21(26)27-5)15(4)18(28-19)20(25)23(7-2)8-3/h6-14H2,1-5H3,(H,22,24). The van der Waals surface area contributed by atoms with Crippen molar-refractivity contribution >= 4 is 34.1 Å². The van der Waals surface area contributed by atoms with Gasteiger partial charge >= 0.3 is 5.97 Å². The van der Waals surface area contributed by atoms with Crippen LogP contribution in [-0.4, -0.2) is 42.9 Å². The number of nitrogens with one attached hydrogen (secondary N) is 1. The molecule has 0 saturated carbocycles. The molecule has 7 heteroatoms. The van der Waals surface area contributed by atoms with E-state index in [2.05, 4.69) is 12.2 Å². The lowest BCUT2D eigenvalue weighted by molar-refractivity contribution is -0.116. The summed E-state index contributed by atoms with van der Waals surface area (Å²) >= 11 is 1.15. The Morgan fingerprint density at radius 2 is 1.61 bits per heavy atom. The molecule has 0 saturated heterocycles. The minimum atomic E-state index is -0.540. The predicted molar refractivity (Wildman–Crippen MR) is 114 cm³/mol. The number of carbonyl (C=O) groups excluding carboxylic acids is 3. The molecule has 0 atom stereocenters. The SMILES string of the molecule is CCCCCCCCC(=O)Nc1sc(C(=O)N(CC)CC)c(C)c1C(=O)OC. The van der Waals surface area contributed by atoms with Gasteiger partial charge in [-0.1, -0.05) is 39.0 Å². The number of thiophene rings is 1. The molecule has 0 radical (unpaired) electrons. The summed E-state index contributed by atoms with van der Waals surface area (Å²) in [6, 6.07) is 0. The Labute approximate surface area is 172 Å². The molecule has 0 spiro atoms. The molecule has 1 rings (SSSR count). The lowest BCUT2D eigenvalue weighted by atomic mass is 10.1. The van der Waals surface area contributed by atoms with Crippen LogP contribution < -0.4 is 5.32 Å². The number of methoxy groups -OCH3 is 1. The molecule has 1 N–H and O–H groups in total. The molecule has 6 nitrogen and oxygen atoms in total. The summed E-state index contributed by atoms with van der Waals surface area (Å²) in [5, 5.41) is 3.23. The second-order valence-corrected chi connectivity index (χ2v) is 7.82. The van der Waals surface area contributed by atoms with Crippen LogP contribution in [0.25, 0.3) is 0 Å². The summed E-state index contributed by atoms with van der Waals surface area (Å²) in [4.78, 5) is 39.5. The van der Waals surface area contributed by atoms with E-state index < -0.39 is 5.97 Å². The van der Waals surface area contributed by atoms with Crippen molar-refractivity contribution in [1.82, 2.24) is 4.90 Å². The van der Waals surface area contributed by atoms with Gasteiger partial charge in [-0.2, -0.15) is 0 Å². The number of rotatable bonds is 12. The molecule has 28 heavy (non-hydrogen) atoms. The van der Waals surface area contributed by atoms with Crippen molar-refractivity contribution in [3.63, 3.8) is 0 Å². The fourth-order valence-electron chi connectivity index (χ4n) is 3.06. The lowest BCUT2D eigenvalue weighted by Crippen LogP contribution is -2.30. The predicted octanol–water partition coefficient (Wildman–Crippen LogP) is 5.01. The van der Waals surface area contributed by atoms with Crippen molar-refractivity contribution in [3.8, 4) is 0 Å². The minimum Gasteiger partial charge on any atom is -0.465 e. The molecule has 0 aliphatic heterocycles. The van der Waals surface area contributed by atoms with Gasteiger partial charge in [0.1, 0.15) is 5.00 Å². The van der Waals surface area contributed by atoms with E-state index in [1.54, 1.807) is 11.8 Å². The average Bonchev–Trinajstić information content (AvgIpc) is 3.00. The Hall–Kier alpha value is -1.89. The van der Waals surface area contributed by atoms with Crippen LogP contribution in [0.2, 0.25) is 0 Å². The van der Waals surface area contributed by atoms with Crippen molar-refractivity contribution in [2.45, 2.75) is 72.6 Å². The van der Waals surface area contributed by atoms with Crippen LogP contribution in [0.3, 0.4) is 0 Å². The number of anilines is 1. The third-order valence-corrected chi connectivity index (χ3v) is 5.99. The molecule has 0 bridgehead atoms. The molecule has 2 amide bonds. The maximum Gasteiger partial charge on any atom is 0.341 e. The molecule has 0 aliphatic carbocycles. The van der Waals surface area contributed by atoms with Crippen LogP contribution in [0.15, 0.2) is 0 Å². The van der Waals surface area contributed by atoms with E-state index >= 15 is 0 Å². The number of amides is 2. The molecule has 1 aromatic heterocycles. The van der Waals surface area contributed by atoms with Gasteiger partial charge < -0.3 is 15.0 Å². The van der Waals surface area contributed by atoms with Gasteiger partial charge in [-0.3, -0.25) is 9.59 Å². The first kappa shape index (κ1) is 24.1. The summed E-state index contributed by atoms with van der Waals surface area (Å²) in [6.07, 6.45) is 7.00. The Bertz CT molecular complexity index is 666. The highest BCUT2D eigenvalue weighted by Crippen LogP contribution is 2.34. The topological polar surface area (TPSA) is 75.7 Å². The van der Waals surface area contributed by atoms with E-state index in [-0.39, 0.29) is 17.4 Å². The largest absolute Gasteiger partial charge is 0.465 e. The summed E-state index contributed by atoms with van der Waals surface area (Å²) in [5.41, 5.74) is 0.836. The Kier molecular flexibility index (Phi) is 10.8. The van der Waals surface area contributed by atoms with E-state index in [0.717, 1.165) is 30.6 Å². The summed E-state index contributed by atoms with van der Waals surface area (Å²) in [5.74, 6) is -0.806. The van der Waals surface area contributed by atoms with Crippen LogP contribution in [0.4, 0.5) is 5.00 Å². The average molecular weight is 411 g/mol.